The largest absolute Gasteiger partial charge is 0.497 e. The van der Waals surface area contributed by atoms with Crippen LogP contribution in [0, 0.1) is 18.7 Å². The SMILES string of the molecule is COc1ccc(OC)c(-c2cc(C(=O)NCC3CC3)c(C)n2CCc2cccc(F)c2)c1. The van der Waals surface area contributed by atoms with E-state index < -0.39 is 0 Å². The van der Waals surface area contributed by atoms with E-state index in [1.807, 2.05) is 37.3 Å². The minimum atomic E-state index is -0.249. The van der Waals surface area contributed by atoms with Crippen LogP contribution in [0.1, 0.15) is 34.5 Å². The molecule has 0 spiro atoms. The van der Waals surface area contributed by atoms with Crippen LogP contribution in [-0.4, -0.2) is 31.2 Å². The Bertz CT molecular complexity index is 1120. The van der Waals surface area contributed by atoms with E-state index in [0.717, 1.165) is 22.5 Å². The Morgan fingerprint density at radius 2 is 1.94 bits per heavy atom. The lowest BCUT2D eigenvalue weighted by Crippen LogP contribution is -2.26. The molecule has 4 rings (SSSR count). The van der Waals surface area contributed by atoms with E-state index in [1.165, 1.54) is 18.9 Å². The number of nitrogens with zero attached hydrogens (tertiary/aromatic N) is 1. The highest BCUT2D eigenvalue weighted by molar-refractivity contribution is 5.97. The molecule has 2 aromatic carbocycles. The molecule has 1 aliphatic rings. The van der Waals surface area contributed by atoms with Gasteiger partial charge in [0.1, 0.15) is 17.3 Å². The first kappa shape index (κ1) is 21.9. The summed E-state index contributed by atoms with van der Waals surface area (Å²) in [6, 6.07) is 14.2. The minimum Gasteiger partial charge on any atom is -0.497 e. The summed E-state index contributed by atoms with van der Waals surface area (Å²) in [5.74, 6) is 1.69. The molecule has 6 heteroatoms. The molecular weight excluding hydrogens is 407 g/mol. The third kappa shape index (κ3) is 4.79. The Balaban J connectivity index is 1.72. The van der Waals surface area contributed by atoms with E-state index >= 15 is 0 Å². The van der Waals surface area contributed by atoms with Crippen LogP contribution in [0.3, 0.4) is 0 Å². The number of rotatable bonds is 9. The van der Waals surface area contributed by atoms with Gasteiger partial charge in [0, 0.05) is 24.3 Å². The highest BCUT2D eigenvalue weighted by atomic mass is 19.1. The van der Waals surface area contributed by atoms with Crippen LogP contribution >= 0.6 is 0 Å². The summed E-state index contributed by atoms with van der Waals surface area (Å²) in [4.78, 5) is 13.0. The normalized spacial score (nSPS) is 13.1. The zero-order chi connectivity index (χ0) is 22.7. The molecule has 0 unspecified atom stereocenters. The molecular formula is C26H29FN2O3. The number of amides is 1. The topological polar surface area (TPSA) is 52.5 Å². The number of ether oxygens (including phenoxy) is 2. The van der Waals surface area contributed by atoms with Gasteiger partial charge < -0.3 is 19.4 Å². The molecule has 168 valence electrons. The Kier molecular flexibility index (Phi) is 6.49. The van der Waals surface area contributed by atoms with Crippen molar-refractivity contribution in [2.45, 2.75) is 32.7 Å². The van der Waals surface area contributed by atoms with Crippen molar-refractivity contribution in [3.05, 3.63) is 71.2 Å². The molecule has 1 aliphatic carbocycles. The molecule has 1 aromatic heterocycles. The second-order valence-corrected chi connectivity index (χ2v) is 8.28. The van der Waals surface area contributed by atoms with Crippen molar-refractivity contribution in [1.82, 2.24) is 9.88 Å². The lowest BCUT2D eigenvalue weighted by Gasteiger charge is -2.15. The molecule has 0 radical (unpaired) electrons. The number of halogens is 1. The maximum absolute atomic E-state index is 13.7. The standard InChI is InChI=1S/C26H29FN2O3/c1-17-22(26(30)28-16-19-7-8-19)15-24(23-14-21(31-2)9-10-25(23)32-3)29(17)12-11-18-5-4-6-20(27)13-18/h4-6,9-10,13-15,19H,7-8,11-12,16H2,1-3H3,(H,28,30). The van der Waals surface area contributed by atoms with Crippen molar-refractivity contribution in [2.75, 3.05) is 20.8 Å². The zero-order valence-corrected chi connectivity index (χ0v) is 18.8. The van der Waals surface area contributed by atoms with E-state index in [2.05, 4.69) is 9.88 Å². The number of carbonyl (C=O) groups is 1. The van der Waals surface area contributed by atoms with Crippen LogP contribution < -0.4 is 14.8 Å². The molecule has 1 N–H and O–H groups in total. The average molecular weight is 437 g/mol. The van der Waals surface area contributed by atoms with Crippen molar-refractivity contribution >= 4 is 5.91 Å². The maximum Gasteiger partial charge on any atom is 0.253 e. The predicted octanol–water partition coefficient (Wildman–Crippen LogP) is 5.00. The van der Waals surface area contributed by atoms with E-state index in [-0.39, 0.29) is 11.7 Å². The van der Waals surface area contributed by atoms with Gasteiger partial charge in [0.25, 0.3) is 5.91 Å². The summed E-state index contributed by atoms with van der Waals surface area (Å²) >= 11 is 0. The molecule has 5 nitrogen and oxygen atoms in total. The van der Waals surface area contributed by atoms with Gasteiger partial charge in [0.2, 0.25) is 0 Å². The van der Waals surface area contributed by atoms with Crippen molar-refractivity contribution in [3.63, 3.8) is 0 Å². The number of benzene rings is 2. The van der Waals surface area contributed by atoms with Gasteiger partial charge in [-0.1, -0.05) is 12.1 Å². The van der Waals surface area contributed by atoms with Gasteiger partial charge in [-0.05, 0) is 74.1 Å². The molecule has 32 heavy (non-hydrogen) atoms. The van der Waals surface area contributed by atoms with Crippen molar-refractivity contribution in [1.29, 1.82) is 0 Å². The number of methoxy groups -OCH3 is 2. The van der Waals surface area contributed by atoms with E-state index in [0.29, 0.717) is 42.5 Å². The van der Waals surface area contributed by atoms with Gasteiger partial charge in [-0.15, -0.1) is 0 Å². The van der Waals surface area contributed by atoms with E-state index in [1.54, 1.807) is 26.4 Å². The maximum atomic E-state index is 13.7. The van der Waals surface area contributed by atoms with Crippen molar-refractivity contribution in [2.24, 2.45) is 5.92 Å². The van der Waals surface area contributed by atoms with Crippen LogP contribution in [0.4, 0.5) is 4.39 Å². The van der Waals surface area contributed by atoms with Gasteiger partial charge in [-0.25, -0.2) is 4.39 Å². The van der Waals surface area contributed by atoms with Crippen LogP contribution in [0.25, 0.3) is 11.3 Å². The highest BCUT2D eigenvalue weighted by Gasteiger charge is 2.24. The zero-order valence-electron chi connectivity index (χ0n) is 18.8. The minimum absolute atomic E-state index is 0.0676. The van der Waals surface area contributed by atoms with Crippen LogP contribution in [0.15, 0.2) is 48.5 Å². The fourth-order valence-corrected chi connectivity index (χ4v) is 3.99. The molecule has 1 amide bonds. The summed E-state index contributed by atoms with van der Waals surface area (Å²) in [7, 11) is 3.25. The molecule has 1 saturated carbocycles. The lowest BCUT2D eigenvalue weighted by atomic mass is 10.1. The number of nitrogens with one attached hydrogen (secondary N) is 1. The number of carbonyl (C=O) groups excluding carboxylic acids is 1. The van der Waals surface area contributed by atoms with Crippen molar-refractivity contribution in [3.8, 4) is 22.8 Å². The lowest BCUT2D eigenvalue weighted by molar-refractivity contribution is 0.0951. The molecule has 0 aliphatic heterocycles. The summed E-state index contributed by atoms with van der Waals surface area (Å²) in [5.41, 5.74) is 4.13. The van der Waals surface area contributed by atoms with Gasteiger partial charge in [-0.3, -0.25) is 4.79 Å². The predicted molar refractivity (Wildman–Crippen MR) is 123 cm³/mol. The Hall–Kier alpha value is -3.28. The first-order valence-corrected chi connectivity index (χ1v) is 10.9. The average Bonchev–Trinajstić information content (AvgIpc) is 3.58. The first-order valence-electron chi connectivity index (χ1n) is 10.9. The third-order valence-electron chi connectivity index (χ3n) is 6.06. The number of hydrogen-bond acceptors (Lipinski definition) is 3. The fourth-order valence-electron chi connectivity index (χ4n) is 3.99. The Morgan fingerprint density at radius 3 is 2.62 bits per heavy atom. The number of aryl methyl sites for hydroxylation is 1. The molecule has 0 atom stereocenters. The van der Waals surface area contributed by atoms with E-state index in [9.17, 15) is 9.18 Å². The van der Waals surface area contributed by atoms with Gasteiger partial charge >= 0.3 is 0 Å². The second-order valence-electron chi connectivity index (χ2n) is 8.28. The Labute approximate surface area is 188 Å². The first-order chi connectivity index (χ1) is 15.5. The molecule has 1 fully saturated rings. The van der Waals surface area contributed by atoms with Gasteiger partial charge in [0.05, 0.1) is 25.5 Å². The quantitative estimate of drug-likeness (QED) is 0.513. The second kappa shape index (κ2) is 9.47. The van der Waals surface area contributed by atoms with Crippen LogP contribution in [0.5, 0.6) is 11.5 Å². The van der Waals surface area contributed by atoms with Crippen LogP contribution in [0.2, 0.25) is 0 Å². The summed E-state index contributed by atoms with van der Waals surface area (Å²) in [5, 5.41) is 3.07. The van der Waals surface area contributed by atoms with Gasteiger partial charge in [0.15, 0.2) is 0 Å². The number of hydrogen-bond donors (Lipinski definition) is 1. The third-order valence-corrected chi connectivity index (χ3v) is 6.06. The molecule has 1 heterocycles. The van der Waals surface area contributed by atoms with Gasteiger partial charge in [-0.2, -0.15) is 0 Å². The van der Waals surface area contributed by atoms with Crippen molar-refractivity contribution < 1.29 is 18.7 Å². The number of aromatic nitrogens is 1. The summed E-state index contributed by atoms with van der Waals surface area (Å²) in [6.07, 6.45) is 3.00. The summed E-state index contributed by atoms with van der Waals surface area (Å²) in [6.45, 7) is 3.26. The van der Waals surface area contributed by atoms with E-state index in [4.69, 9.17) is 9.47 Å². The van der Waals surface area contributed by atoms with Crippen LogP contribution in [-0.2, 0) is 13.0 Å². The molecule has 0 bridgehead atoms. The molecule has 0 saturated heterocycles. The molecule has 3 aromatic rings. The smallest absolute Gasteiger partial charge is 0.253 e. The monoisotopic (exact) mass is 436 g/mol. The fraction of sp³-hybridized carbons (Fsp3) is 0.346. The Morgan fingerprint density at radius 1 is 1.12 bits per heavy atom. The highest BCUT2D eigenvalue weighted by Crippen LogP contribution is 2.36. The summed E-state index contributed by atoms with van der Waals surface area (Å²) < 4.78 is 26.8.